The van der Waals surface area contributed by atoms with Crippen molar-refractivity contribution in [3.8, 4) is 11.5 Å². The monoisotopic (exact) mass is 418 g/mol. The number of nitrogens with one attached hydrogen (secondary N) is 1. The number of amides is 4. The Labute approximate surface area is 174 Å². The van der Waals surface area contributed by atoms with Crippen LogP contribution in [0, 0.1) is 0 Å². The van der Waals surface area contributed by atoms with Crippen molar-refractivity contribution in [2.75, 3.05) is 57.4 Å². The van der Waals surface area contributed by atoms with E-state index < -0.39 is 0 Å². The van der Waals surface area contributed by atoms with Gasteiger partial charge in [0.2, 0.25) is 5.91 Å². The molecule has 1 aromatic rings. The van der Waals surface area contributed by atoms with Crippen LogP contribution in [-0.4, -0.2) is 86.4 Å². The van der Waals surface area contributed by atoms with Crippen molar-refractivity contribution < 1.29 is 28.6 Å². The molecule has 0 bridgehead atoms. The molecule has 3 aliphatic rings. The van der Waals surface area contributed by atoms with Gasteiger partial charge in [0.25, 0.3) is 0 Å². The number of rotatable bonds is 3. The number of fused-ring (bicyclic) bond motifs is 1. The molecule has 0 aromatic heterocycles. The molecule has 162 valence electrons. The molecule has 1 N–H and O–H groups in total. The highest BCUT2D eigenvalue weighted by molar-refractivity contribution is 5.97. The molecule has 10 heteroatoms. The van der Waals surface area contributed by atoms with Crippen molar-refractivity contribution in [1.29, 1.82) is 0 Å². The molecule has 3 aliphatic heterocycles. The second-order valence-electron chi connectivity index (χ2n) is 7.36. The maximum atomic E-state index is 12.6. The quantitative estimate of drug-likeness (QED) is 0.788. The fraction of sp³-hybridized carbons (Fsp3) is 0.550. The molecule has 10 nitrogen and oxygen atoms in total. The maximum absolute atomic E-state index is 12.6. The van der Waals surface area contributed by atoms with E-state index in [2.05, 4.69) is 5.32 Å². The van der Waals surface area contributed by atoms with Crippen LogP contribution in [0.5, 0.6) is 11.5 Å². The minimum atomic E-state index is -0.353. The van der Waals surface area contributed by atoms with E-state index in [4.69, 9.17) is 14.2 Å². The van der Waals surface area contributed by atoms with Crippen molar-refractivity contribution in [1.82, 2.24) is 15.1 Å². The molecule has 4 rings (SSSR count). The molecule has 4 amide bonds. The van der Waals surface area contributed by atoms with Gasteiger partial charge < -0.3 is 34.2 Å². The number of nitrogens with zero attached hydrogens (tertiary/aromatic N) is 3. The van der Waals surface area contributed by atoms with Gasteiger partial charge in [-0.05, 0) is 19.1 Å². The van der Waals surface area contributed by atoms with Gasteiger partial charge in [-0.2, -0.15) is 0 Å². The summed E-state index contributed by atoms with van der Waals surface area (Å²) in [6.07, 6.45) is -0.114. The zero-order valence-corrected chi connectivity index (χ0v) is 17.0. The van der Waals surface area contributed by atoms with E-state index in [1.807, 2.05) is 6.07 Å². The zero-order valence-electron chi connectivity index (χ0n) is 17.0. The van der Waals surface area contributed by atoms with Gasteiger partial charge >= 0.3 is 12.1 Å². The fourth-order valence-corrected chi connectivity index (χ4v) is 3.83. The average Bonchev–Trinajstić information content (AvgIpc) is 3.13. The second kappa shape index (κ2) is 8.68. The van der Waals surface area contributed by atoms with E-state index in [1.165, 1.54) is 0 Å². The standard InChI is InChI=1S/C20H26N4O6/c1-2-28-20(27)23-7-5-22(6-8-23)19(26)21-14-11-18(25)24(13-14)15-3-4-16-17(12-15)30-10-9-29-16/h3-4,12,14H,2,5-11,13H2,1H3,(H,21,26). The van der Waals surface area contributed by atoms with E-state index in [1.54, 1.807) is 33.8 Å². The number of benzene rings is 1. The number of hydrogen-bond acceptors (Lipinski definition) is 6. The van der Waals surface area contributed by atoms with E-state index in [9.17, 15) is 14.4 Å². The fourth-order valence-electron chi connectivity index (χ4n) is 3.83. The van der Waals surface area contributed by atoms with Crippen molar-refractivity contribution in [2.24, 2.45) is 0 Å². The maximum Gasteiger partial charge on any atom is 0.409 e. The predicted octanol–water partition coefficient (Wildman–Crippen LogP) is 1.05. The molecule has 3 heterocycles. The summed E-state index contributed by atoms with van der Waals surface area (Å²) >= 11 is 0. The molecule has 0 radical (unpaired) electrons. The van der Waals surface area contributed by atoms with Crippen molar-refractivity contribution >= 4 is 23.7 Å². The topological polar surface area (TPSA) is 101 Å². The van der Waals surface area contributed by atoms with Gasteiger partial charge in [-0.1, -0.05) is 0 Å². The first-order chi connectivity index (χ1) is 14.5. The Bertz CT molecular complexity index is 824. The summed E-state index contributed by atoms with van der Waals surface area (Å²) in [7, 11) is 0. The third-order valence-corrected chi connectivity index (χ3v) is 5.38. The molecule has 30 heavy (non-hydrogen) atoms. The largest absolute Gasteiger partial charge is 0.486 e. The molecule has 1 atom stereocenters. The first kappa shape index (κ1) is 20.1. The molecule has 1 aromatic carbocycles. The van der Waals surface area contributed by atoms with Crippen LogP contribution in [0.15, 0.2) is 18.2 Å². The lowest BCUT2D eigenvalue weighted by molar-refractivity contribution is -0.117. The van der Waals surface area contributed by atoms with Crippen LogP contribution in [-0.2, 0) is 9.53 Å². The van der Waals surface area contributed by atoms with Gasteiger partial charge in [0, 0.05) is 50.9 Å². The molecule has 2 saturated heterocycles. The lowest BCUT2D eigenvalue weighted by Gasteiger charge is -2.34. The normalized spacial score (nSPS) is 20.9. The highest BCUT2D eigenvalue weighted by Gasteiger charge is 2.34. The van der Waals surface area contributed by atoms with E-state index in [0.29, 0.717) is 64.0 Å². The van der Waals surface area contributed by atoms with Crippen molar-refractivity contribution in [3.63, 3.8) is 0 Å². The minimum absolute atomic E-state index is 0.0518. The van der Waals surface area contributed by atoms with Crippen LogP contribution in [0.25, 0.3) is 0 Å². The number of piperazine rings is 1. The Morgan fingerprint density at radius 1 is 1.10 bits per heavy atom. The molecular formula is C20H26N4O6. The molecule has 1 unspecified atom stereocenters. The third kappa shape index (κ3) is 4.22. The Morgan fingerprint density at radius 3 is 2.53 bits per heavy atom. The van der Waals surface area contributed by atoms with E-state index in [-0.39, 0.29) is 30.5 Å². The lowest BCUT2D eigenvalue weighted by atomic mass is 10.2. The number of anilines is 1. The average molecular weight is 418 g/mol. The Morgan fingerprint density at radius 2 is 1.80 bits per heavy atom. The van der Waals surface area contributed by atoms with Crippen molar-refractivity contribution in [3.05, 3.63) is 18.2 Å². The summed E-state index contributed by atoms with van der Waals surface area (Å²) in [6, 6.07) is 4.92. The second-order valence-corrected chi connectivity index (χ2v) is 7.36. The van der Waals surface area contributed by atoms with Crippen LogP contribution in [0.3, 0.4) is 0 Å². The smallest absolute Gasteiger partial charge is 0.409 e. The SMILES string of the molecule is CCOC(=O)N1CCN(C(=O)NC2CC(=O)N(c3ccc4c(c3)OCCO4)C2)CC1. The van der Waals surface area contributed by atoms with Crippen LogP contribution in [0.1, 0.15) is 13.3 Å². The highest BCUT2D eigenvalue weighted by atomic mass is 16.6. The van der Waals surface area contributed by atoms with E-state index in [0.717, 1.165) is 5.69 Å². The number of carbonyl (C=O) groups excluding carboxylic acids is 3. The van der Waals surface area contributed by atoms with Crippen LogP contribution in [0.4, 0.5) is 15.3 Å². The number of ether oxygens (including phenoxy) is 3. The number of urea groups is 1. The van der Waals surface area contributed by atoms with Gasteiger partial charge in [0.05, 0.1) is 12.6 Å². The molecule has 0 saturated carbocycles. The first-order valence-electron chi connectivity index (χ1n) is 10.2. The summed E-state index contributed by atoms with van der Waals surface area (Å²) in [4.78, 5) is 41.8. The summed E-state index contributed by atoms with van der Waals surface area (Å²) in [5.41, 5.74) is 0.726. The summed E-state index contributed by atoms with van der Waals surface area (Å²) in [5, 5.41) is 2.94. The number of carbonyl (C=O) groups is 3. The summed E-state index contributed by atoms with van der Waals surface area (Å²) in [6.45, 7) is 5.19. The van der Waals surface area contributed by atoms with Crippen LogP contribution < -0.4 is 19.7 Å². The molecule has 0 aliphatic carbocycles. The third-order valence-electron chi connectivity index (χ3n) is 5.38. The first-order valence-corrected chi connectivity index (χ1v) is 10.2. The summed E-state index contributed by atoms with van der Waals surface area (Å²) < 4.78 is 16.1. The van der Waals surface area contributed by atoms with Gasteiger partial charge in [0.15, 0.2) is 11.5 Å². The van der Waals surface area contributed by atoms with E-state index >= 15 is 0 Å². The van der Waals surface area contributed by atoms with Crippen molar-refractivity contribution in [2.45, 2.75) is 19.4 Å². The minimum Gasteiger partial charge on any atom is -0.486 e. The van der Waals surface area contributed by atoms with Crippen LogP contribution >= 0.6 is 0 Å². The van der Waals surface area contributed by atoms with Crippen LogP contribution in [0.2, 0.25) is 0 Å². The summed E-state index contributed by atoms with van der Waals surface area (Å²) in [5.74, 6) is 1.24. The Kier molecular flexibility index (Phi) is 5.82. The van der Waals surface area contributed by atoms with Gasteiger partial charge in [-0.25, -0.2) is 9.59 Å². The lowest BCUT2D eigenvalue weighted by Crippen LogP contribution is -2.54. The van der Waals surface area contributed by atoms with Gasteiger partial charge in [-0.3, -0.25) is 4.79 Å². The Hall–Kier alpha value is -3.17. The zero-order chi connectivity index (χ0) is 21.1. The predicted molar refractivity (Wildman–Crippen MR) is 107 cm³/mol. The Balaban J connectivity index is 1.31. The highest BCUT2D eigenvalue weighted by Crippen LogP contribution is 2.35. The molecule has 2 fully saturated rings. The van der Waals surface area contributed by atoms with Gasteiger partial charge in [-0.15, -0.1) is 0 Å². The number of hydrogen-bond donors (Lipinski definition) is 1. The van der Waals surface area contributed by atoms with Gasteiger partial charge in [0.1, 0.15) is 13.2 Å². The molecular weight excluding hydrogens is 392 g/mol. The molecule has 0 spiro atoms.